The Morgan fingerprint density at radius 2 is 1.67 bits per heavy atom. The van der Waals surface area contributed by atoms with Crippen LogP contribution in [0.5, 0.6) is 0 Å². The molecule has 0 heterocycles. The number of benzene rings is 3. The number of hydrogen-bond acceptors (Lipinski definition) is 1. The minimum atomic E-state index is 0.906. The molecule has 21 heavy (non-hydrogen) atoms. The van der Waals surface area contributed by atoms with Crippen LogP contribution in [0.3, 0.4) is 0 Å². The van der Waals surface area contributed by atoms with Gasteiger partial charge in [-0.15, -0.1) is 0 Å². The van der Waals surface area contributed by atoms with Crippen molar-refractivity contribution in [1.29, 1.82) is 0 Å². The van der Waals surface area contributed by atoms with Crippen LogP contribution < -0.4 is 5.73 Å². The molecule has 0 amide bonds. The van der Waals surface area contributed by atoms with Crippen LogP contribution in [0.25, 0.3) is 21.5 Å². The molecule has 0 bridgehead atoms. The van der Waals surface area contributed by atoms with Gasteiger partial charge in [-0.2, -0.15) is 0 Å². The molecule has 2 N–H and O–H groups in total. The van der Waals surface area contributed by atoms with E-state index in [0.29, 0.717) is 0 Å². The van der Waals surface area contributed by atoms with Crippen LogP contribution in [0.2, 0.25) is 0 Å². The fourth-order valence-electron chi connectivity index (χ4n) is 3.25. The maximum absolute atomic E-state index is 6.28. The Hall–Kier alpha value is -2.02. The van der Waals surface area contributed by atoms with Crippen LogP contribution >= 0.6 is 0 Å². The molecular weight excluding hydrogens is 254 g/mol. The molecule has 0 unspecified atom stereocenters. The van der Waals surface area contributed by atoms with Gasteiger partial charge in [0.15, 0.2) is 0 Å². The summed E-state index contributed by atoms with van der Waals surface area (Å²) < 4.78 is 0. The molecule has 0 saturated carbocycles. The summed E-state index contributed by atoms with van der Waals surface area (Å²) >= 11 is 0. The molecule has 0 aliphatic rings. The number of fused-ring (bicyclic) bond motifs is 2. The lowest BCUT2D eigenvalue weighted by atomic mass is 9.92. The molecule has 0 fully saturated rings. The van der Waals surface area contributed by atoms with E-state index in [1.54, 1.807) is 0 Å². The largest absolute Gasteiger partial charge is 0.398 e. The maximum atomic E-state index is 6.28. The zero-order chi connectivity index (χ0) is 14.7. The Labute approximate surface area is 126 Å². The maximum Gasteiger partial charge on any atom is 0.0396 e. The second-order valence-electron chi connectivity index (χ2n) is 5.83. The summed E-state index contributed by atoms with van der Waals surface area (Å²) in [6.45, 7) is 2.26. The molecule has 108 valence electrons. The highest BCUT2D eigenvalue weighted by molar-refractivity contribution is 6.06. The molecule has 1 heteroatoms. The van der Waals surface area contributed by atoms with Gasteiger partial charge in [-0.25, -0.2) is 0 Å². The Morgan fingerprint density at radius 3 is 2.52 bits per heavy atom. The number of nitrogen functional groups attached to an aromatic ring is 1. The minimum absolute atomic E-state index is 0.906. The van der Waals surface area contributed by atoms with Gasteiger partial charge in [0.2, 0.25) is 0 Å². The van der Waals surface area contributed by atoms with Gasteiger partial charge in [0.25, 0.3) is 0 Å². The summed E-state index contributed by atoms with van der Waals surface area (Å²) in [6.07, 6.45) is 6.25. The van der Waals surface area contributed by atoms with Crippen molar-refractivity contribution in [2.45, 2.75) is 39.0 Å². The number of nitrogens with two attached hydrogens (primary N) is 1. The van der Waals surface area contributed by atoms with Gasteiger partial charge in [0.1, 0.15) is 0 Å². The molecule has 0 radical (unpaired) electrons. The third-order valence-corrected chi connectivity index (χ3v) is 4.31. The lowest BCUT2D eigenvalue weighted by Crippen LogP contribution is -1.95. The quantitative estimate of drug-likeness (QED) is 0.361. The molecular formula is C20H23N. The zero-order valence-electron chi connectivity index (χ0n) is 12.7. The van der Waals surface area contributed by atoms with E-state index < -0.39 is 0 Å². The van der Waals surface area contributed by atoms with Crippen molar-refractivity contribution in [3.8, 4) is 0 Å². The van der Waals surface area contributed by atoms with E-state index in [0.717, 1.165) is 12.1 Å². The predicted molar refractivity (Wildman–Crippen MR) is 93.7 cm³/mol. The van der Waals surface area contributed by atoms with Crippen molar-refractivity contribution in [2.75, 3.05) is 5.73 Å². The summed E-state index contributed by atoms with van der Waals surface area (Å²) in [5, 5.41) is 5.20. The second kappa shape index (κ2) is 6.17. The first-order valence-electron chi connectivity index (χ1n) is 8.00. The fraction of sp³-hybridized carbons (Fsp3) is 0.300. The van der Waals surface area contributed by atoms with E-state index in [4.69, 9.17) is 5.73 Å². The Morgan fingerprint density at radius 1 is 0.857 bits per heavy atom. The zero-order valence-corrected chi connectivity index (χ0v) is 12.7. The highest BCUT2D eigenvalue weighted by atomic mass is 14.6. The molecule has 0 saturated heterocycles. The van der Waals surface area contributed by atoms with Crippen LogP contribution in [-0.2, 0) is 6.42 Å². The highest BCUT2D eigenvalue weighted by Gasteiger charge is 2.09. The van der Waals surface area contributed by atoms with E-state index in [1.807, 2.05) is 12.1 Å². The standard InChI is InChI=1S/C20H23N/c1-2-3-4-5-12-18-17-11-7-6-9-15(17)14-16-10-8-13-19(21)20(16)18/h6-11,13-14H,2-5,12,21H2,1H3. The van der Waals surface area contributed by atoms with E-state index >= 15 is 0 Å². The van der Waals surface area contributed by atoms with Crippen LogP contribution in [0.4, 0.5) is 5.69 Å². The number of anilines is 1. The molecule has 3 aromatic carbocycles. The molecule has 0 spiro atoms. The molecule has 0 aliphatic heterocycles. The smallest absolute Gasteiger partial charge is 0.0396 e. The van der Waals surface area contributed by atoms with E-state index in [2.05, 4.69) is 43.3 Å². The monoisotopic (exact) mass is 277 g/mol. The van der Waals surface area contributed by atoms with Gasteiger partial charge < -0.3 is 5.73 Å². The highest BCUT2D eigenvalue weighted by Crippen LogP contribution is 2.33. The van der Waals surface area contributed by atoms with E-state index in [1.165, 1.54) is 52.8 Å². The lowest BCUT2D eigenvalue weighted by Gasteiger charge is -2.13. The van der Waals surface area contributed by atoms with Crippen molar-refractivity contribution in [3.63, 3.8) is 0 Å². The Balaban J connectivity index is 2.14. The number of rotatable bonds is 5. The summed E-state index contributed by atoms with van der Waals surface area (Å²) in [7, 11) is 0. The topological polar surface area (TPSA) is 26.0 Å². The van der Waals surface area contributed by atoms with Gasteiger partial charge in [0, 0.05) is 11.1 Å². The predicted octanol–water partition coefficient (Wildman–Crippen LogP) is 5.70. The van der Waals surface area contributed by atoms with Gasteiger partial charge >= 0.3 is 0 Å². The normalized spacial score (nSPS) is 11.3. The number of hydrogen-bond donors (Lipinski definition) is 1. The molecule has 1 nitrogen and oxygen atoms in total. The van der Waals surface area contributed by atoms with Crippen molar-refractivity contribution in [2.24, 2.45) is 0 Å². The number of aryl methyl sites for hydroxylation is 1. The average Bonchev–Trinajstić information content (AvgIpc) is 2.51. The van der Waals surface area contributed by atoms with Crippen molar-refractivity contribution < 1.29 is 0 Å². The third-order valence-electron chi connectivity index (χ3n) is 4.31. The third kappa shape index (κ3) is 2.73. The summed E-state index contributed by atoms with van der Waals surface area (Å²) in [5.41, 5.74) is 8.61. The first kappa shape index (κ1) is 13.9. The molecule has 3 rings (SSSR count). The van der Waals surface area contributed by atoms with Crippen molar-refractivity contribution in [1.82, 2.24) is 0 Å². The Bertz CT molecular complexity index is 758. The van der Waals surface area contributed by atoms with Crippen LogP contribution in [0, 0.1) is 0 Å². The van der Waals surface area contributed by atoms with Crippen LogP contribution in [0.1, 0.15) is 38.2 Å². The van der Waals surface area contributed by atoms with Gasteiger partial charge in [-0.3, -0.25) is 0 Å². The average molecular weight is 277 g/mol. The SMILES string of the molecule is CCCCCCc1c2ccccc2cc2cccc(N)c12. The number of unbranched alkanes of at least 4 members (excludes halogenated alkanes) is 3. The summed E-state index contributed by atoms with van der Waals surface area (Å²) in [4.78, 5) is 0. The molecule has 0 atom stereocenters. The Kier molecular flexibility index (Phi) is 4.10. The van der Waals surface area contributed by atoms with Gasteiger partial charge in [-0.05, 0) is 46.7 Å². The second-order valence-corrected chi connectivity index (χ2v) is 5.83. The first-order chi connectivity index (χ1) is 10.3. The van der Waals surface area contributed by atoms with E-state index in [-0.39, 0.29) is 0 Å². The lowest BCUT2D eigenvalue weighted by molar-refractivity contribution is 0.669. The van der Waals surface area contributed by atoms with Gasteiger partial charge in [0.05, 0.1) is 0 Å². The molecule has 0 aliphatic carbocycles. The van der Waals surface area contributed by atoms with Gasteiger partial charge in [-0.1, -0.05) is 62.6 Å². The van der Waals surface area contributed by atoms with E-state index in [9.17, 15) is 0 Å². The molecule has 3 aromatic rings. The first-order valence-corrected chi connectivity index (χ1v) is 8.00. The fourth-order valence-corrected chi connectivity index (χ4v) is 3.25. The minimum Gasteiger partial charge on any atom is -0.398 e. The van der Waals surface area contributed by atoms with Crippen molar-refractivity contribution >= 4 is 27.2 Å². The summed E-state index contributed by atoms with van der Waals surface area (Å²) in [6, 6.07) is 17.2. The van der Waals surface area contributed by atoms with Crippen LogP contribution in [-0.4, -0.2) is 0 Å². The molecule has 0 aromatic heterocycles. The van der Waals surface area contributed by atoms with Crippen LogP contribution in [0.15, 0.2) is 48.5 Å². The van der Waals surface area contributed by atoms with Crippen molar-refractivity contribution in [3.05, 3.63) is 54.1 Å². The summed E-state index contributed by atoms with van der Waals surface area (Å²) in [5.74, 6) is 0.